The minimum absolute atomic E-state index is 0.175. The summed E-state index contributed by atoms with van der Waals surface area (Å²) in [6.45, 7) is 6.00. The highest BCUT2D eigenvalue weighted by atomic mass is 32.2. The number of rotatable bonds is 8. The zero-order valence-electron chi connectivity index (χ0n) is 16.7. The van der Waals surface area contributed by atoms with Crippen LogP contribution in [0.4, 0.5) is 10.8 Å². The number of benzene rings is 2. The Hall–Kier alpha value is -2.43. The van der Waals surface area contributed by atoms with Gasteiger partial charge in [0.2, 0.25) is 5.13 Å². The Morgan fingerprint density at radius 2 is 1.87 bits per heavy atom. The molecule has 0 radical (unpaired) electrons. The molecule has 0 spiro atoms. The third-order valence-electron chi connectivity index (χ3n) is 3.95. The van der Waals surface area contributed by atoms with Gasteiger partial charge in [-0.3, -0.25) is 14.8 Å². The van der Waals surface area contributed by atoms with Crippen LogP contribution in [0.15, 0.2) is 57.8 Å². The number of thioether (sulfide) groups is 1. The number of nitrogens with zero attached hydrogens (tertiary/aromatic N) is 2. The van der Waals surface area contributed by atoms with Crippen LogP contribution in [0.3, 0.4) is 0 Å². The van der Waals surface area contributed by atoms with Crippen LogP contribution in [0.1, 0.15) is 29.8 Å². The van der Waals surface area contributed by atoms with Gasteiger partial charge in [-0.25, -0.2) is 8.42 Å². The first-order valence-electron chi connectivity index (χ1n) is 9.21. The Balaban J connectivity index is 1.68. The maximum absolute atomic E-state index is 12.5. The van der Waals surface area contributed by atoms with Gasteiger partial charge in [0, 0.05) is 11.3 Å². The minimum atomic E-state index is -3.70. The summed E-state index contributed by atoms with van der Waals surface area (Å²) in [4.78, 5) is 12.7. The summed E-state index contributed by atoms with van der Waals surface area (Å²) in [6.07, 6.45) is 0. The Morgan fingerprint density at radius 1 is 1.13 bits per heavy atom. The van der Waals surface area contributed by atoms with Crippen LogP contribution in [0.25, 0.3) is 0 Å². The van der Waals surface area contributed by atoms with Gasteiger partial charge in [-0.15, -0.1) is 10.2 Å². The molecule has 0 aliphatic heterocycles. The predicted molar refractivity (Wildman–Crippen MR) is 122 cm³/mol. The fourth-order valence-electron chi connectivity index (χ4n) is 2.45. The van der Waals surface area contributed by atoms with Gasteiger partial charge >= 0.3 is 0 Å². The lowest BCUT2D eigenvalue weighted by molar-refractivity contribution is 0.102. The van der Waals surface area contributed by atoms with Crippen LogP contribution >= 0.6 is 23.1 Å². The van der Waals surface area contributed by atoms with Gasteiger partial charge in [0.15, 0.2) is 4.34 Å². The van der Waals surface area contributed by atoms with Crippen molar-refractivity contribution in [3.63, 3.8) is 0 Å². The quantitative estimate of drug-likeness (QED) is 0.373. The Bertz CT molecular complexity index is 1130. The van der Waals surface area contributed by atoms with E-state index in [1.165, 1.54) is 23.5 Å². The summed E-state index contributed by atoms with van der Waals surface area (Å²) in [5.74, 6) is 1.15. The molecule has 0 fully saturated rings. The van der Waals surface area contributed by atoms with E-state index in [0.717, 1.165) is 10.1 Å². The van der Waals surface area contributed by atoms with Crippen molar-refractivity contribution in [1.82, 2.24) is 10.2 Å². The summed E-state index contributed by atoms with van der Waals surface area (Å²) >= 11 is 2.94. The first-order valence-corrected chi connectivity index (χ1v) is 12.5. The summed E-state index contributed by atoms with van der Waals surface area (Å²) in [7, 11) is -3.70. The van der Waals surface area contributed by atoms with E-state index in [4.69, 9.17) is 0 Å². The molecule has 7 nitrogen and oxygen atoms in total. The second kappa shape index (κ2) is 9.59. The van der Waals surface area contributed by atoms with Crippen molar-refractivity contribution in [2.75, 3.05) is 15.8 Å². The summed E-state index contributed by atoms with van der Waals surface area (Å²) in [6, 6.07) is 12.9. The highest BCUT2D eigenvalue weighted by molar-refractivity contribution is 8.01. The number of sulfonamides is 1. The fourth-order valence-corrected chi connectivity index (χ4v) is 5.32. The smallest absolute Gasteiger partial charge is 0.261 e. The van der Waals surface area contributed by atoms with E-state index in [9.17, 15) is 13.2 Å². The zero-order valence-corrected chi connectivity index (χ0v) is 19.2. The van der Waals surface area contributed by atoms with E-state index in [1.54, 1.807) is 55.1 Å². The number of nitrogens with one attached hydrogen (secondary N) is 2. The van der Waals surface area contributed by atoms with Gasteiger partial charge < -0.3 is 0 Å². The molecule has 1 aromatic heterocycles. The lowest BCUT2D eigenvalue weighted by Gasteiger charge is -2.11. The van der Waals surface area contributed by atoms with Crippen molar-refractivity contribution in [1.29, 1.82) is 0 Å². The second-order valence-corrected chi connectivity index (χ2v) is 10.9. The molecule has 0 unspecified atom stereocenters. The van der Waals surface area contributed by atoms with Gasteiger partial charge in [0.1, 0.15) is 0 Å². The lowest BCUT2D eigenvalue weighted by Crippen LogP contribution is -2.15. The molecule has 10 heteroatoms. The van der Waals surface area contributed by atoms with Crippen molar-refractivity contribution >= 4 is 49.8 Å². The number of anilines is 2. The maximum Gasteiger partial charge on any atom is 0.261 e. The van der Waals surface area contributed by atoms with Crippen LogP contribution in [0, 0.1) is 12.8 Å². The van der Waals surface area contributed by atoms with Crippen LogP contribution < -0.4 is 10.0 Å². The molecule has 1 heterocycles. The largest absolute Gasteiger partial charge is 0.296 e. The molecule has 3 aromatic rings. The monoisotopic (exact) mass is 462 g/mol. The van der Waals surface area contributed by atoms with Crippen molar-refractivity contribution in [2.45, 2.75) is 30.0 Å². The molecule has 2 aromatic carbocycles. The number of carbonyl (C=O) groups excluding carboxylic acids is 1. The van der Waals surface area contributed by atoms with Crippen LogP contribution in [-0.4, -0.2) is 30.3 Å². The van der Waals surface area contributed by atoms with Gasteiger partial charge in [-0.05, 0) is 48.7 Å². The Morgan fingerprint density at radius 3 is 2.53 bits per heavy atom. The maximum atomic E-state index is 12.5. The SMILES string of the molecule is Cc1cc(C(=O)Nc2nnc(SCC(C)C)s2)ccc1NS(=O)(=O)c1ccccc1. The zero-order chi connectivity index (χ0) is 21.7. The highest BCUT2D eigenvalue weighted by Crippen LogP contribution is 2.27. The molecular weight excluding hydrogens is 440 g/mol. The number of aromatic nitrogens is 2. The molecule has 0 aliphatic carbocycles. The van der Waals surface area contributed by atoms with E-state index in [1.807, 2.05) is 0 Å². The normalized spacial score (nSPS) is 11.5. The molecule has 2 N–H and O–H groups in total. The van der Waals surface area contributed by atoms with Crippen LogP contribution in [0.5, 0.6) is 0 Å². The molecule has 30 heavy (non-hydrogen) atoms. The van der Waals surface area contributed by atoms with Crippen molar-refractivity contribution < 1.29 is 13.2 Å². The molecule has 0 saturated heterocycles. The number of hydrogen-bond acceptors (Lipinski definition) is 7. The van der Waals surface area contributed by atoms with Gasteiger partial charge in [-0.2, -0.15) is 0 Å². The molecule has 0 aliphatic rings. The van der Waals surface area contributed by atoms with E-state index < -0.39 is 10.0 Å². The molecule has 158 valence electrons. The van der Waals surface area contributed by atoms with Gasteiger partial charge in [-0.1, -0.05) is 55.1 Å². The topological polar surface area (TPSA) is 101 Å². The number of hydrogen-bond donors (Lipinski definition) is 2. The predicted octanol–water partition coefficient (Wildman–Crippen LogP) is 4.65. The van der Waals surface area contributed by atoms with Crippen molar-refractivity contribution in [2.24, 2.45) is 5.92 Å². The average molecular weight is 463 g/mol. The fraction of sp³-hybridized carbons (Fsp3) is 0.250. The minimum Gasteiger partial charge on any atom is -0.296 e. The van der Waals surface area contributed by atoms with Crippen molar-refractivity contribution in [3.8, 4) is 0 Å². The third kappa shape index (κ3) is 5.80. The number of amides is 1. The van der Waals surface area contributed by atoms with Crippen molar-refractivity contribution in [3.05, 3.63) is 59.7 Å². The summed E-state index contributed by atoms with van der Waals surface area (Å²) < 4.78 is 28.4. The van der Waals surface area contributed by atoms with E-state index in [2.05, 4.69) is 34.1 Å². The molecule has 0 saturated carbocycles. The van der Waals surface area contributed by atoms with Crippen LogP contribution in [-0.2, 0) is 10.0 Å². The summed E-state index contributed by atoms with van der Waals surface area (Å²) in [5, 5.41) is 11.3. The third-order valence-corrected chi connectivity index (χ3v) is 7.73. The molecule has 3 rings (SSSR count). The highest BCUT2D eigenvalue weighted by Gasteiger charge is 2.16. The van der Waals surface area contributed by atoms with E-state index in [0.29, 0.717) is 27.9 Å². The molecule has 0 atom stereocenters. The lowest BCUT2D eigenvalue weighted by atomic mass is 10.1. The molecule has 0 bridgehead atoms. The number of carbonyl (C=O) groups is 1. The number of aryl methyl sites for hydroxylation is 1. The second-order valence-electron chi connectivity index (χ2n) is 6.98. The first-order chi connectivity index (χ1) is 14.2. The van der Waals surface area contributed by atoms with Gasteiger partial charge in [0.05, 0.1) is 10.6 Å². The Labute approximate surface area is 184 Å². The van der Waals surface area contributed by atoms with Crippen LogP contribution in [0.2, 0.25) is 0 Å². The van der Waals surface area contributed by atoms with Gasteiger partial charge in [0.25, 0.3) is 15.9 Å². The van der Waals surface area contributed by atoms with E-state index >= 15 is 0 Å². The summed E-state index contributed by atoms with van der Waals surface area (Å²) in [5.41, 5.74) is 1.45. The average Bonchev–Trinajstić information content (AvgIpc) is 3.16. The molecule has 1 amide bonds. The first kappa shape index (κ1) is 22.3. The standard InChI is InChI=1S/C20H22N4O3S3/c1-13(2)12-28-20-23-22-19(29-20)21-18(25)15-9-10-17(14(3)11-15)24-30(26,27)16-7-5-4-6-8-16/h4-11,13,24H,12H2,1-3H3,(H,21,22,25). The Kier molecular flexibility index (Phi) is 7.11. The van der Waals surface area contributed by atoms with E-state index in [-0.39, 0.29) is 10.8 Å². The molecular formula is C20H22N4O3S3.